The molecule has 1 saturated heterocycles. The van der Waals surface area contributed by atoms with Gasteiger partial charge in [-0.1, -0.05) is 12.1 Å². The lowest BCUT2D eigenvalue weighted by Crippen LogP contribution is -2.41. The Morgan fingerprint density at radius 1 is 1.28 bits per heavy atom. The first-order chi connectivity index (χ1) is 12.2. The molecular weight excluding hydrogens is 319 g/mol. The third-order valence-corrected chi connectivity index (χ3v) is 5.31. The first-order valence-electron chi connectivity index (χ1n) is 9.05. The molecule has 4 rings (SSSR count). The normalized spacial score (nSPS) is 23.1. The van der Waals surface area contributed by atoms with Crippen molar-refractivity contribution in [1.82, 2.24) is 15.1 Å². The average molecular weight is 342 g/mol. The summed E-state index contributed by atoms with van der Waals surface area (Å²) < 4.78 is 16.1. The zero-order chi connectivity index (χ0) is 17.4. The molecule has 2 aliphatic rings. The number of amides is 1. The van der Waals surface area contributed by atoms with Gasteiger partial charge in [-0.15, -0.1) is 0 Å². The summed E-state index contributed by atoms with van der Waals surface area (Å²) in [5.41, 5.74) is 2.87. The predicted molar refractivity (Wildman–Crippen MR) is 93.9 cm³/mol. The van der Waals surface area contributed by atoms with Gasteiger partial charge in [0, 0.05) is 30.4 Å². The molecule has 132 valence electrons. The van der Waals surface area contributed by atoms with Crippen LogP contribution in [0.25, 0.3) is 0 Å². The first kappa shape index (κ1) is 16.3. The number of hydrogen-bond acceptors (Lipinski definition) is 3. The van der Waals surface area contributed by atoms with E-state index in [1.165, 1.54) is 17.3 Å². The summed E-state index contributed by atoms with van der Waals surface area (Å²) in [7, 11) is 0. The van der Waals surface area contributed by atoms with Crippen LogP contribution in [0.15, 0.2) is 30.5 Å². The summed E-state index contributed by atoms with van der Waals surface area (Å²) in [5.74, 6) is -0.388. The van der Waals surface area contributed by atoms with Crippen molar-refractivity contribution in [2.45, 2.75) is 51.2 Å². The topological polar surface area (TPSA) is 50.2 Å². The highest BCUT2D eigenvalue weighted by atomic mass is 19.1. The molecule has 0 unspecified atom stereocenters. The molecule has 2 aromatic rings. The maximum Gasteiger partial charge on any atom is 0.244 e. The monoisotopic (exact) mass is 342 g/mol. The van der Waals surface area contributed by atoms with Gasteiger partial charge in [0.15, 0.2) is 0 Å². The molecule has 1 N–H and O–H groups in total. The van der Waals surface area contributed by atoms with E-state index in [9.17, 15) is 9.18 Å². The lowest BCUT2D eigenvalue weighted by Gasteiger charge is -2.27. The number of nitrogens with zero attached hydrogens (tertiary/aromatic N) is 3. The Balaban J connectivity index is 1.51. The lowest BCUT2D eigenvalue weighted by molar-refractivity contribution is -0.119. The molecule has 1 fully saturated rings. The molecule has 1 aliphatic heterocycles. The number of rotatable bonds is 4. The molecule has 1 aromatic heterocycles. The molecule has 0 radical (unpaired) electrons. The second-order valence-electron chi connectivity index (χ2n) is 6.76. The van der Waals surface area contributed by atoms with Crippen LogP contribution < -0.4 is 10.2 Å². The van der Waals surface area contributed by atoms with E-state index in [2.05, 4.69) is 17.3 Å². The fraction of sp³-hybridized carbons (Fsp3) is 0.474. The van der Waals surface area contributed by atoms with Gasteiger partial charge in [-0.05, 0) is 44.7 Å². The van der Waals surface area contributed by atoms with Gasteiger partial charge in [-0.3, -0.25) is 14.8 Å². The molecule has 6 heteroatoms. The minimum Gasteiger partial charge on any atom is -0.308 e. The number of aromatic nitrogens is 2. The summed E-state index contributed by atoms with van der Waals surface area (Å²) in [6.45, 7) is 3.51. The van der Waals surface area contributed by atoms with Crippen LogP contribution in [0.5, 0.6) is 0 Å². The number of aryl methyl sites for hydroxylation is 1. The van der Waals surface area contributed by atoms with Crippen molar-refractivity contribution in [3.63, 3.8) is 0 Å². The summed E-state index contributed by atoms with van der Waals surface area (Å²) in [6.07, 6.45) is 5.77. The van der Waals surface area contributed by atoms with Crippen molar-refractivity contribution >= 4 is 11.6 Å². The minimum atomic E-state index is -0.347. The van der Waals surface area contributed by atoms with E-state index in [-0.39, 0.29) is 23.8 Å². The zero-order valence-electron chi connectivity index (χ0n) is 14.4. The van der Waals surface area contributed by atoms with Gasteiger partial charge < -0.3 is 4.90 Å². The van der Waals surface area contributed by atoms with Crippen LogP contribution in [-0.2, 0) is 17.8 Å². The summed E-state index contributed by atoms with van der Waals surface area (Å²) >= 11 is 0. The molecular formula is C19H23FN4O. The summed E-state index contributed by atoms with van der Waals surface area (Å²) in [5, 5.41) is 7.98. The maximum absolute atomic E-state index is 14.0. The van der Waals surface area contributed by atoms with Crippen molar-refractivity contribution in [2.24, 2.45) is 0 Å². The van der Waals surface area contributed by atoms with Crippen molar-refractivity contribution < 1.29 is 9.18 Å². The Labute approximate surface area is 146 Å². The third kappa shape index (κ3) is 2.84. The highest BCUT2D eigenvalue weighted by molar-refractivity contribution is 5.99. The van der Waals surface area contributed by atoms with Gasteiger partial charge in [0.25, 0.3) is 0 Å². The molecule has 0 saturated carbocycles. The fourth-order valence-corrected chi connectivity index (χ4v) is 4.05. The number of nitrogens with one attached hydrogen (secondary N) is 1. The standard InChI is InChI=1S/C19H23FN4O/c1-2-24-17-9-5-7-15(13(17)12-21-24)22-16-10-11-23(19(16)25)18-8-4-3-6-14(18)20/h3-4,6,8,12,15-16,22H,2,5,7,9-11H2,1H3/t15-,16-/m0/s1. The van der Waals surface area contributed by atoms with Gasteiger partial charge in [-0.25, -0.2) is 4.39 Å². The van der Waals surface area contributed by atoms with E-state index in [4.69, 9.17) is 0 Å². The van der Waals surface area contributed by atoms with Crippen LogP contribution in [0.3, 0.4) is 0 Å². The molecule has 5 nitrogen and oxygen atoms in total. The molecule has 2 heterocycles. The molecule has 1 aliphatic carbocycles. The first-order valence-corrected chi connectivity index (χ1v) is 9.05. The number of fused-ring (bicyclic) bond motifs is 1. The number of halogens is 1. The van der Waals surface area contributed by atoms with E-state index in [1.54, 1.807) is 23.1 Å². The molecule has 25 heavy (non-hydrogen) atoms. The van der Waals surface area contributed by atoms with Crippen molar-refractivity contribution in [3.8, 4) is 0 Å². The van der Waals surface area contributed by atoms with Gasteiger partial charge in [0.1, 0.15) is 5.82 Å². The number of para-hydroxylation sites is 1. The van der Waals surface area contributed by atoms with E-state index in [0.717, 1.165) is 25.8 Å². The molecule has 2 atom stereocenters. The Morgan fingerprint density at radius 3 is 2.92 bits per heavy atom. The highest BCUT2D eigenvalue weighted by Crippen LogP contribution is 2.32. The number of hydrogen-bond donors (Lipinski definition) is 1. The smallest absolute Gasteiger partial charge is 0.244 e. The Hall–Kier alpha value is -2.21. The van der Waals surface area contributed by atoms with E-state index < -0.39 is 0 Å². The average Bonchev–Trinajstić information content (AvgIpc) is 3.20. The highest BCUT2D eigenvalue weighted by Gasteiger charge is 2.36. The molecule has 0 spiro atoms. The Bertz CT molecular complexity index is 787. The second kappa shape index (κ2) is 6.59. The van der Waals surface area contributed by atoms with Crippen LogP contribution in [0.1, 0.15) is 43.5 Å². The number of benzene rings is 1. The minimum absolute atomic E-state index is 0.0416. The lowest BCUT2D eigenvalue weighted by atomic mass is 9.92. The number of anilines is 1. The summed E-state index contributed by atoms with van der Waals surface area (Å²) in [4.78, 5) is 14.3. The van der Waals surface area contributed by atoms with Crippen LogP contribution in [0.4, 0.5) is 10.1 Å². The van der Waals surface area contributed by atoms with E-state index >= 15 is 0 Å². The molecule has 1 amide bonds. The van der Waals surface area contributed by atoms with Crippen LogP contribution in [-0.4, -0.2) is 28.3 Å². The fourth-order valence-electron chi connectivity index (χ4n) is 4.05. The molecule has 1 aromatic carbocycles. The summed E-state index contributed by atoms with van der Waals surface area (Å²) in [6, 6.07) is 6.36. The van der Waals surface area contributed by atoms with Crippen molar-refractivity contribution in [3.05, 3.63) is 47.5 Å². The Morgan fingerprint density at radius 2 is 2.12 bits per heavy atom. The van der Waals surface area contributed by atoms with Crippen LogP contribution in [0, 0.1) is 5.82 Å². The zero-order valence-corrected chi connectivity index (χ0v) is 14.4. The van der Waals surface area contributed by atoms with Gasteiger partial charge in [-0.2, -0.15) is 5.10 Å². The van der Waals surface area contributed by atoms with E-state index in [0.29, 0.717) is 18.7 Å². The second-order valence-corrected chi connectivity index (χ2v) is 6.76. The van der Waals surface area contributed by atoms with Crippen molar-refractivity contribution in [2.75, 3.05) is 11.4 Å². The number of carbonyl (C=O) groups is 1. The predicted octanol–water partition coefficient (Wildman–Crippen LogP) is 2.81. The van der Waals surface area contributed by atoms with Gasteiger partial charge >= 0.3 is 0 Å². The largest absolute Gasteiger partial charge is 0.308 e. The van der Waals surface area contributed by atoms with Gasteiger partial charge in [0.05, 0.1) is 17.9 Å². The Kier molecular flexibility index (Phi) is 4.29. The third-order valence-electron chi connectivity index (χ3n) is 5.31. The maximum atomic E-state index is 14.0. The van der Waals surface area contributed by atoms with E-state index in [1.807, 2.05) is 10.9 Å². The van der Waals surface area contributed by atoms with Gasteiger partial charge in [0.2, 0.25) is 5.91 Å². The van der Waals surface area contributed by atoms with Crippen LogP contribution in [0.2, 0.25) is 0 Å². The quantitative estimate of drug-likeness (QED) is 0.929. The molecule has 0 bridgehead atoms. The number of carbonyl (C=O) groups excluding carboxylic acids is 1. The van der Waals surface area contributed by atoms with Crippen molar-refractivity contribution in [1.29, 1.82) is 0 Å². The van der Waals surface area contributed by atoms with Crippen LogP contribution >= 0.6 is 0 Å². The SMILES string of the molecule is CCn1ncc2c1CCC[C@@H]2N[C@H]1CCN(c2ccccc2F)C1=O.